The Hall–Kier alpha value is -3.07. The van der Waals surface area contributed by atoms with Crippen LogP contribution in [0.5, 0.6) is 5.75 Å². The van der Waals surface area contributed by atoms with Crippen LogP contribution in [0.25, 0.3) is 0 Å². The largest absolute Gasteiger partial charge is 0.494 e. The minimum absolute atomic E-state index is 0.104. The van der Waals surface area contributed by atoms with Crippen LogP contribution >= 0.6 is 0 Å². The molecule has 3 nitrogen and oxygen atoms in total. The zero-order valence-corrected chi connectivity index (χ0v) is 15.6. The maximum absolute atomic E-state index is 12.8. The van der Waals surface area contributed by atoms with Crippen molar-refractivity contribution < 1.29 is 9.53 Å². The molecule has 3 heteroatoms. The Labute approximate surface area is 161 Å². The summed E-state index contributed by atoms with van der Waals surface area (Å²) in [6.45, 7) is 2.83. The lowest BCUT2D eigenvalue weighted by molar-refractivity contribution is 0.0943. The van der Waals surface area contributed by atoms with Gasteiger partial charge in [-0.05, 0) is 41.8 Å². The molecule has 0 saturated carbocycles. The first-order valence-electron chi connectivity index (χ1n) is 9.41. The number of nitrogens with one attached hydrogen (secondary N) is 1. The number of carbonyl (C=O) groups excluding carboxylic acids is 1. The van der Waals surface area contributed by atoms with Gasteiger partial charge < -0.3 is 10.1 Å². The molecule has 0 aliphatic rings. The van der Waals surface area contributed by atoms with Crippen LogP contribution in [-0.2, 0) is 0 Å². The van der Waals surface area contributed by atoms with Crippen molar-refractivity contribution in [2.45, 2.75) is 25.8 Å². The molecule has 3 aromatic rings. The molecule has 0 spiro atoms. The Kier molecular flexibility index (Phi) is 6.64. The Morgan fingerprint density at radius 2 is 1.41 bits per heavy atom. The van der Waals surface area contributed by atoms with Crippen LogP contribution < -0.4 is 10.1 Å². The van der Waals surface area contributed by atoms with Crippen LogP contribution in [-0.4, -0.2) is 12.5 Å². The van der Waals surface area contributed by atoms with Gasteiger partial charge in [-0.2, -0.15) is 0 Å². The number of carbonyl (C=O) groups is 1. The third-order valence-corrected chi connectivity index (χ3v) is 4.42. The quantitative estimate of drug-likeness (QED) is 0.548. The molecule has 0 saturated heterocycles. The van der Waals surface area contributed by atoms with Crippen molar-refractivity contribution in [2.24, 2.45) is 0 Å². The van der Waals surface area contributed by atoms with Crippen molar-refractivity contribution in [3.8, 4) is 5.75 Å². The Morgan fingerprint density at radius 3 is 1.93 bits per heavy atom. The van der Waals surface area contributed by atoms with Crippen LogP contribution in [0.4, 0.5) is 0 Å². The van der Waals surface area contributed by atoms with Crippen molar-refractivity contribution in [2.75, 3.05) is 6.61 Å². The zero-order valence-electron chi connectivity index (χ0n) is 15.6. The van der Waals surface area contributed by atoms with E-state index >= 15 is 0 Å². The average molecular weight is 359 g/mol. The van der Waals surface area contributed by atoms with Crippen molar-refractivity contribution in [1.29, 1.82) is 0 Å². The number of unbranched alkanes of at least 4 members (excludes halogenated alkanes) is 1. The molecule has 0 aliphatic carbocycles. The number of rotatable bonds is 8. The summed E-state index contributed by atoms with van der Waals surface area (Å²) in [5.74, 6) is 0.690. The maximum Gasteiger partial charge on any atom is 0.252 e. The molecule has 0 atom stereocenters. The molecule has 0 fully saturated rings. The zero-order chi connectivity index (χ0) is 18.9. The van der Waals surface area contributed by atoms with Crippen molar-refractivity contribution in [3.63, 3.8) is 0 Å². The maximum atomic E-state index is 12.8. The summed E-state index contributed by atoms with van der Waals surface area (Å²) < 4.78 is 5.67. The van der Waals surface area contributed by atoms with Crippen LogP contribution in [0.1, 0.15) is 47.3 Å². The molecule has 0 aliphatic heterocycles. The normalized spacial score (nSPS) is 10.6. The first-order valence-corrected chi connectivity index (χ1v) is 9.41. The summed E-state index contributed by atoms with van der Waals surface area (Å²) in [7, 11) is 0. The van der Waals surface area contributed by atoms with Gasteiger partial charge in [0.2, 0.25) is 0 Å². The molecule has 1 amide bonds. The van der Waals surface area contributed by atoms with E-state index in [2.05, 4.69) is 12.2 Å². The highest BCUT2D eigenvalue weighted by atomic mass is 16.5. The standard InChI is InChI=1S/C24H25NO2/c1-2-3-18-27-22-16-14-21(15-17-22)24(26)25-23(19-10-6-4-7-11-19)20-12-8-5-9-13-20/h4-17,23H,2-3,18H2,1H3,(H,25,26). The van der Waals surface area contributed by atoms with E-state index in [1.807, 2.05) is 84.9 Å². The molecular weight excluding hydrogens is 334 g/mol. The Morgan fingerprint density at radius 1 is 0.852 bits per heavy atom. The number of ether oxygens (including phenoxy) is 1. The second kappa shape index (κ2) is 9.58. The first-order chi connectivity index (χ1) is 13.3. The monoisotopic (exact) mass is 359 g/mol. The van der Waals surface area contributed by atoms with Gasteiger partial charge in [0.15, 0.2) is 0 Å². The van der Waals surface area contributed by atoms with E-state index in [4.69, 9.17) is 4.74 Å². The van der Waals surface area contributed by atoms with Crippen molar-refractivity contribution in [3.05, 3.63) is 102 Å². The molecule has 0 radical (unpaired) electrons. The van der Waals surface area contributed by atoms with Gasteiger partial charge >= 0.3 is 0 Å². The van der Waals surface area contributed by atoms with Gasteiger partial charge in [0.05, 0.1) is 12.6 Å². The van der Waals surface area contributed by atoms with Gasteiger partial charge in [0, 0.05) is 5.56 Å². The lowest BCUT2D eigenvalue weighted by atomic mass is 9.98. The fraction of sp³-hybridized carbons (Fsp3) is 0.208. The third-order valence-electron chi connectivity index (χ3n) is 4.42. The molecule has 0 unspecified atom stereocenters. The van der Waals surface area contributed by atoms with E-state index in [-0.39, 0.29) is 11.9 Å². The van der Waals surface area contributed by atoms with Crippen LogP contribution in [0, 0.1) is 0 Å². The summed E-state index contributed by atoms with van der Waals surface area (Å²) >= 11 is 0. The molecule has 0 bridgehead atoms. The van der Waals surface area contributed by atoms with Gasteiger partial charge in [-0.1, -0.05) is 74.0 Å². The van der Waals surface area contributed by atoms with Crippen LogP contribution in [0.15, 0.2) is 84.9 Å². The molecule has 0 aromatic heterocycles. The van der Waals surface area contributed by atoms with E-state index in [1.54, 1.807) is 0 Å². The van der Waals surface area contributed by atoms with E-state index in [0.717, 1.165) is 29.7 Å². The number of hydrogen-bond donors (Lipinski definition) is 1. The van der Waals surface area contributed by atoms with Crippen molar-refractivity contribution >= 4 is 5.91 Å². The van der Waals surface area contributed by atoms with E-state index in [9.17, 15) is 4.79 Å². The highest BCUT2D eigenvalue weighted by Crippen LogP contribution is 2.22. The molecule has 138 valence electrons. The smallest absolute Gasteiger partial charge is 0.252 e. The molecule has 1 N–H and O–H groups in total. The SMILES string of the molecule is CCCCOc1ccc(C(=O)NC(c2ccccc2)c2ccccc2)cc1. The molecule has 27 heavy (non-hydrogen) atoms. The Balaban J connectivity index is 1.75. The minimum Gasteiger partial charge on any atom is -0.494 e. The second-order valence-corrected chi connectivity index (χ2v) is 6.45. The third kappa shape index (κ3) is 5.20. The molecule has 3 aromatic carbocycles. The number of hydrogen-bond acceptors (Lipinski definition) is 2. The number of benzene rings is 3. The van der Waals surface area contributed by atoms with Crippen molar-refractivity contribution in [1.82, 2.24) is 5.32 Å². The highest BCUT2D eigenvalue weighted by molar-refractivity contribution is 5.94. The predicted octanol–water partition coefficient (Wildman–Crippen LogP) is 5.38. The first kappa shape index (κ1) is 18.7. The molecule has 3 rings (SSSR count). The second-order valence-electron chi connectivity index (χ2n) is 6.45. The predicted molar refractivity (Wildman–Crippen MR) is 109 cm³/mol. The minimum atomic E-state index is -0.194. The summed E-state index contributed by atoms with van der Waals surface area (Å²) in [4.78, 5) is 12.8. The number of amides is 1. The van der Waals surface area contributed by atoms with Gasteiger partial charge in [-0.15, -0.1) is 0 Å². The van der Waals surface area contributed by atoms with Gasteiger partial charge in [-0.3, -0.25) is 4.79 Å². The lowest BCUT2D eigenvalue weighted by Crippen LogP contribution is -2.29. The molecule has 0 heterocycles. The van der Waals surface area contributed by atoms with E-state index in [1.165, 1.54) is 0 Å². The Bertz CT molecular complexity index is 790. The average Bonchev–Trinajstić information content (AvgIpc) is 2.74. The highest BCUT2D eigenvalue weighted by Gasteiger charge is 2.17. The van der Waals surface area contributed by atoms with Crippen LogP contribution in [0.3, 0.4) is 0 Å². The fourth-order valence-corrected chi connectivity index (χ4v) is 2.90. The summed E-state index contributed by atoms with van der Waals surface area (Å²) in [5.41, 5.74) is 2.72. The lowest BCUT2D eigenvalue weighted by Gasteiger charge is -2.20. The molecular formula is C24H25NO2. The van der Waals surface area contributed by atoms with E-state index in [0.29, 0.717) is 12.2 Å². The summed E-state index contributed by atoms with van der Waals surface area (Å²) in [5, 5.41) is 3.16. The van der Waals surface area contributed by atoms with Gasteiger partial charge in [0.25, 0.3) is 5.91 Å². The van der Waals surface area contributed by atoms with Gasteiger partial charge in [-0.25, -0.2) is 0 Å². The summed E-state index contributed by atoms with van der Waals surface area (Å²) in [6.07, 6.45) is 2.12. The topological polar surface area (TPSA) is 38.3 Å². The van der Waals surface area contributed by atoms with Gasteiger partial charge in [0.1, 0.15) is 5.75 Å². The van der Waals surface area contributed by atoms with Crippen LogP contribution in [0.2, 0.25) is 0 Å². The summed E-state index contributed by atoms with van der Waals surface area (Å²) in [6, 6.07) is 27.1. The fourth-order valence-electron chi connectivity index (χ4n) is 2.90. The van der Waals surface area contributed by atoms with E-state index < -0.39 is 0 Å².